The molecule has 0 aromatic carbocycles. The van der Waals surface area contributed by atoms with E-state index in [-0.39, 0.29) is 25.2 Å². The molecule has 7 N–H and O–H groups in total. The maximum Gasteiger partial charge on any atom is 0.117 e. The second kappa shape index (κ2) is 8.36. The van der Waals surface area contributed by atoms with Gasteiger partial charge in [0.25, 0.3) is 0 Å². The van der Waals surface area contributed by atoms with Crippen LogP contribution in [0.3, 0.4) is 0 Å². The van der Waals surface area contributed by atoms with E-state index in [0.717, 1.165) is 22.8 Å². The zero-order valence-corrected chi connectivity index (χ0v) is 15.0. The summed E-state index contributed by atoms with van der Waals surface area (Å²) in [5.74, 6) is 0.966. The van der Waals surface area contributed by atoms with Gasteiger partial charge in [-0.25, -0.2) is 9.87 Å². The number of imidazole rings is 1. The minimum Gasteiger partial charge on any atom is -0.403 e. The molecule has 2 aromatic heterocycles. The molecule has 0 spiro atoms. The number of nitrogens with one attached hydrogen (secondary N) is 1. The Morgan fingerprint density at radius 3 is 2.81 bits per heavy atom. The molecule has 8 heteroatoms. The molecular weight excluding hydrogens is 346 g/mol. The first-order valence-electron chi connectivity index (χ1n) is 8.78. The molecule has 1 aliphatic rings. The Morgan fingerprint density at radius 1 is 1.44 bits per heavy atom. The molecule has 0 unspecified atom stereocenters. The fourth-order valence-corrected chi connectivity index (χ4v) is 3.39. The highest BCUT2D eigenvalue weighted by atomic mass is 17.1. The fourth-order valence-electron chi connectivity index (χ4n) is 3.39. The number of hydrogen-bond acceptors (Lipinski definition) is 6. The summed E-state index contributed by atoms with van der Waals surface area (Å²) in [4.78, 5) is 12.4. The van der Waals surface area contributed by atoms with Gasteiger partial charge in [0.05, 0.1) is 24.1 Å². The van der Waals surface area contributed by atoms with Crippen molar-refractivity contribution in [1.82, 2.24) is 14.5 Å². The Hall–Kier alpha value is -2.65. The Bertz CT molecular complexity index is 859. The Kier molecular flexibility index (Phi) is 5.92. The van der Waals surface area contributed by atoms with Crippen LogP contribution in [0.4, 0.5) is 0 Å². The highest BCUT2D eigenvalue weighted by Crippen LogP contribution is 2.40. The van der Waals surface area contributed by atoms with Gasteiger partial charge in [0.2, 0.25) is 0 Å². The van der Waals surface area contributed by atoms with Gasteiger partial charge in [-0.3, -0.25) is 5.26 Å². The van der Waals surface area contributed by atoms with Gasteiger partial charge in [0, 0.05) is 30.6 Å². The topological polar surface area (TPSA) is 135 Å². The number of nitrogens with two attached hydrogens (primary N) is 2. The maximum absolute atomic E-state index is 9.63. The molecule has 0 saturated heterocycles. The van der Waals surface area contributed by atoms with Crippen LogP contribution in [0.2, 0.25) is 0 Å². The SMILES string of the molecule is C=C/C=C\c1cc(-c2nc(C3CC(OO)C3)n(/C=C\N)c2CN)[nH]c1CO. The van der Waals surface area contributed by atoms with E-state index < -0.39 is 0 Å². The first-order valence-corrected chi connectivity index (χ1v) is 8.78. The van der Waals surface area contributed by atoms with E-state index in [1.807, 2.05) is 16.7 Å². The predicted molar refractivity (Wildman–Crippen MR) is 104 cm³/mol. The van der Waals surface area contributed by atoms with Gasteiger partial charge in [-0.2, -0.15) is 0 Å². The van der Waals surface area contributed by atoms with Crippen molar-refractivity contribution in [2.45, 2.75) is 38.0 Å². The first-order chi connectivity index (χ1) is 13.2. The minimum atomic E-state index is -0.172. The molecule has 144 valence electrons. The third-order valence-electron chi connectivity index (χ3n) is 4.83. The summed E-state index contributed by atoms with van der Waals surface area (Å²) in [5, 5.41) is 18.4. The van der Waals surface area contributed by atoms with Crippen molar-refractivity contribution in [1.29, 1.82) is 0 Å². The zero-order valence-electron chi connectivity index (χ0n) is 15.0. The molecule has 0 aliphatic heterocycles. The molecule has 0 amide bonds. The lowest BCUT2D eigenvalue weighted by Crippen LogP contribution is -2.30. The van der Waals surface area contributed by atoms with Crippen molar-refractivity contribution in [3.63, 3.8) is 0 Å². The van der Waals surface area contributed by atoms with E-state index in [2.05, 4.69) is 16.5 Å². The molecule has 0 bridgehead atoms. The predicted octanol–water partition coefficient (Wildman–Crippen LogP) is 2.15. The van der Waals surface area contributed by atoms with Crippen LogP contribution in [-0.4, -0.2) is 31.0 Å². The van der Waals surface area contributed by atoms with Crippen molar-refractivity contribution in [2.24, 2.45) is 11.5 Å². The number of rotatable bonds is 8. The number of aromatic amines is 1. The Labute approximate surface area is 157 Å². The van der Waals surface area contributed by atoms with Crippen LogP contribution in [0.15, 0.2) is 31.0 Å². The lowest BCUT2D eigenvalue weighted by atomic mass is 9.82. The van der Waals surface area contributed by atoms with Gasteiger partial charge in [0.15, 0.2) is 0 Å². The number of aromatic nitrogens is 3. The second-order valence-corrected chi connectivity index (χ2v) is 6.45. The van der Waals surface area contributed by atoms with Gasteiger partial charge < -0.3 is 26.1 Å². The molecule has 1 fully saturated rings. The Morgan fingerprint density at radius 2 is 2.22 bits per heavy atom. The van der Waals surface area contributed by atoms with E-state index >= 15 is 0 Å². The van der Waals surface area contributed by atoms with Gasteiger partial charge in [-0.05, 0) is 24.5 Å². The third kappa shape index (κ3) is 3.60. The number of H-pyrrole nitrogens is 1. The van der Waals surface area contributed by atoms with Crippen molar-refractivity contribution in [3.05, 3.63) is 53.8 Å². The van der Waals surface area contributed by atoms with Crippen LogP contribution in [-0.2, 0) is 18.0 Å². The summed E-state index contributed by atoms with van der Waals surface area (Å²) in [5.41, 5.74) is 15.5. The average Bonchev–Trinajstić information content (AvgIpc) is 3.20. The highest BCUT2D eigenvalue weighted by Gasteiger charge is 2.36. The normalized spacial score (nSPS) is 19.8. The largest absolute Gasteiger partial charge is 0.403 e. The molecule has 3 rings (SSSR count). The van der Waals surface area contributed by atoms with Crippen LogP contribution in [0, 0.1) is 0 Å². The lowest BCUT2D eigenvalue weighted by molar-refractivity contribution is -0.297. The van der Waals surface area contributed by atoms with Crippen LogP contribution >= 0.6 is 0 Å². The standard InChI is InChI=1S/C19H25N5O3/c1-2-3-4-12-9-15(22-16(12)11-25)18-17(10-21)24(6-5-20)19(23-18)13-7-14(8-13)27-26/h2-6,9,13-14,22,25-26H,1,7-8,10-11,20-21H2/b4-3-,6-5-. The quantitative estimate of drug-likeness (QED) is 0.274. The van der Waals surface area contributed by atoms with E-state index in [9.17, 15) is 5.11 Å². The average molecular weight is 371 g/mol. The van der Waals surface area contributed by atoms with Crippen molar-refractivity contribution >= 4 is 12.3 Å². The lowest BCUT2D eigenvalue weighted by Gasteiger charge is -2.32. The minimum absolute atomic E-state index is 0.122. The molecule has 8 nitrogen and oxygen atoms in total. The molecule has 0 radical (unpaired) electrons. The number of allylic oxidation sites excluding steroid dienone is 2. The van der Waals surface area contributed by atoms with Crippen LogP contribution in [0.5, 0.6) is 0 Å². The number of aliphatic hydroxyl groups excluding tert-OH is 1. The maximum atomic E-state index is 9.63. The van der Waals surface area contributed by atoms with Gasteiger partial charge >= 0.3 is 0 Å². The van der Waals surface area contributed by atoms with Gasteiger partial charge in [-0.1, -0.05) is 24.8 Å². The molecule has 0 atom stereocenters. The molecule has 1 saturated carbocycles. The zero-order chi connectivity index (χ0) is 19.4. The summed E-state index contributed by atoms with van der Waals surface area (Å²) >= 11 is 0. The third-order valence-corrected chi connectivity index (χ3v) is 4.83. The monoisotopic (exact) mass is 371 g/mol. The van der Waals surface area contributed by atoms with E-state index in [4.69, 9.17) is 21.7 Å². The van der Waals surface area contributed by atoms with Crippen LogP contribution in [0.1, 0.15) is 41.5 Å². The summed E-state index contributed by atoms with van der Waals surface area (Å²) < 4.78 is 1.90. The highest BCUT2D eigenvalue weighted by molar-refractivity contribution is 5.67. The molecular formula is C19H25N5O3. The van der Waals surface area contributed by atoms with Crippen LogP contribution in [0.25, 0.3) is 23.7 Å². The Balaban J connectivity index is 2.06. The summed E-state index contributed by atoms with van der Waals surface area (Å²) in [6.07, 6.45) is 9.70. The van der Waals surface area contributed by atoms with E-state index in [1.54, 1.807) is 18.4 Å². The molecule has 2 aromatic rings. The number of nitrogens with zero attached hydrogens (tertiary/aromatic N) is 2. The smallest absolute Gasteiger partial charge is 0.117 e. The summed E-state index contributed by atoms with van der Waals surface area (Å²) in [6.45, 7) is 3.81. The van der Waals surface area contributed by atoms with E-state index in [1.165, 1.54) is 6.20 Å². The summed E-state index contributed by atoms with van der Waals surface area (Å²) in [7, 11) is 0. The molecule has 27 heavy (non-hydrogen) atoms. The van der Waals surface area contributed by atoms with Crippen molar-refractivity contribution < 1.29 is 15.3 Å². The van der Waals surface area contributed by atoms with Crippen LogP contribution < -0.4 is 11.5 Å². The number of aliphatic hydroxyl groups is 1. The van der Waals surface area contributed by atoms with Crippen molar-refractivity contribution in [3.8, 4) is 11.4 Å². The molecule has 2 heterocycles. The van der Waals surface area contributed by atoms with Gasteiger partial charge in [0.1, 0.15) is 11.5 Å². The van der Waals surface area contributed by atoms with E-state index in [0.29, 0.717) is 24.2 Å². The second-order valence-electron chi connectivity index (χ2n) is 6.45. The summed E-state index contributed by atoms with van der Waals surface area (Å²) in [6, 6.07) is 1.92. The van der Waals surface area contributed by atoms with Gasteiger partial charge in [-0.15, -0.1) is 0 Å². The molecule has 1 aliphatic carbocycles. The first kappa shape index (κ1) is 19.1. The van der Waals surface area contributed by atoms with Crippen molar-refractivity contribution in [2.75, 3.05) is 0 Å². The number of hydrogen-bond donors (Lipinski definition) is 5. The fraction of sp³-hybridized carbons (Fsp3) is 0.316.